The molecule has 0 saturated carbocycles. The minimum Gasteiger partial charge on any atom is -0.483 e. The molecule has 0 aliphatic heterocycles. The Morgan fingerprint density at radius 1 is 1.20 bits per heavy atom. The number of halogens is 3. The van der Waals surface area contributed by atoms with Gasteiger partial charge >= 0.3 is 0 Å². The molecule has 0 aliphatic carbocycles. The fourth-order valence-corrected chi connectivity index (χ4v) is 3.74. The van der Waals surface area contributed by atoms with E-state index in [4.69, 9.17) is 27.9 Å². The fourth-order valence-electron chi connectivity index (χ4n) is 2.74. The predicted molar refractivity (Wildman–Crippen MR) is 124 cm³/mol. The van der Waals surface area contributed by atoms with E-state index in [9.17, 15) is 9.59 Å². The predicted octanol–water partition coefficient (Wildman–Crippen LogP) is 5.47. The zero-order valence-electron chi connectivity index (χ0n) is 17.0. The summed E-state index contributed by atoms with van der Waals surface area (Å²) in [5.41, 5.74) is 0.758. The van der Waals surface area contributed by atoms with Crippen LogP contribution in [0, 0.1) is 0 Å². The maximum atomic E-state index is 13.0. The van der Waals surface area contributed by atoms with Gasteiger partial charge < -0.3 is 15.0 Å². The highest BCUT2D eigenvalue weighted by Gasteiger charge is 2.27. The van der Waals surface area contributed by atoms with Crippen LogP contribution in [0.1, 0.15) is 32.3 Å². The number of ether oxygens (including phenoxy) is 1. The average Bonchev–Trinajstić information content (AvgIpc) is 2.72. The molecule has 30 heavy (non-hydrogen) atoms. The number of carbonyl (C=O) groups excluding carboxylic acids is 2. The largest absolute Gasteiger partial charge is 0.483 e. The van der Waals surface area contributed by atoms with E-state index < -0.39 is 6.04 Å². The number of rotatable bonds is 10. The van der Waals surface area contributed by atoms with E-state index in [2.05, 4.69) is 28.2 Å². The van der Waals surface area contributed by atoms with Crippen molar-refractivity contribution < 1.29 is 14.3 Å². The van der Waals surface area contributed by atoms with Crippen molar-refractivity contribution in [2.24, 2.45) is 0 Å². The van der Waals surface area contributed by atoms with Gasteiger partial charge in [0.05, 0.1) is 4.47 Å². The van der Waals surface area contributed by atoms with Gasteiger partial charge in [-0.05, 0) is 59.1 Å². The molecule has 0 saturated heterocycles. The van der Waals surface area contributed by atoms with Crippen LogP contribution in [0.2, 0.25) is 10.0 Å². The van der Waals surface area contributed by atoms with Crippen molar-refractivity contribution >= 4 is 50.9 Å². The van der Waals surface area contributed by atoms with Gasteiger partial charge in [0.1, 0.15) is 11.8 Å². The number of amides is 2. The van der Waals surface area contributed by atoms with Crippen LogP contribution in [0.3, 0.4) is 0 Å². The minimum atomic E-state index is -0.678. The molecule has 0 bridgehead atoms. The van der Waals surface area contributed by atoms with Crippen molar-refractivity contribution in [1.29, 1.82) is 0 Å². The molecule has 0 fully saturated rings. The van der Waals surface area contributed by atoms with Gasteiger partial charge in [-0.2, -0.15) is 0 Å². The summed E-state index contributed by atoms with van der Waals surface area (Å²) >= 11 is 15.6. The molecule has 2 aromatic carbocycles. The SMILES string of the molecule is CCCCNC(=O)C(C)N(Cc1ccccc1Cl)C(=O)COc1ccc(Cl)cc1Br. The first kappa shape index (κ1) is 24.5. The van der Waals surface area contributed by atoms with E-state index >= 15 is 0 Å². The quantitative estimate of drug-likeness (QED) is 0.427. The lowest BCUT2D eigenvalue weighted by atomic mass is 10.1. The van der Waals surface area contributed by atoms with Crippen molar-refractivity contribution in [3.8, 4) is 5.75 Å². The molecular formula is C22H25BrCl2N2O3. The molecule has 2 rings (SSSR count). The molecule has 5 nitrogen and oxygen atoms in total. The summed E-state index contributed by atoms with van der Waals surface area (Å²) in [5.74, 6) is -0.0445. The van der Waals surface area contributed by atoms with Gasteiger partial charge in [0.15, 0.2) is 6.61 Å². The molecule has 8 heteroatoms. The lowest BCUT2D eigenvalue weighted by Gasteiger charge is -2.29. The van der Waals surface area contributed by atoms with Crippen molar-refractivity contribution in [1.82, 2.24) is 10.2 Å². The lowest BCUT2D eigenvalue weighted by molar-refractivity contribution is -0.142. The first-order valence-corrected chi connectivity index (χ1v) is 11.3. The molecule has 2 amide bonds. The van der Waals surface area contributed by atoms with Gasteiger partial charge in [-0.25, -0.2) is 0 Å². The van der Waals surface area contributed by atoms with Gasteiger partial charge in [-0.1, -0.05) is 54.7 Å². The van der Waals surface area contributed by atoms with Gasteiger partial charge in [0.2, 0.25) is 5.91 Å². The topological polar surface area (TPSA) is 58.6 Å². The normalized spacial score (nSPS) is 11.6. The zero-order chi connectivity index (χ0) is 22.1. The molecule has 2 aromatic rings. The summed E-state index contributed by atoms with van der Waals surface area (Å²) in [5, 5.41) is 3.97. The average molecular weight is 516 g/mol. The second-order valence-electron chi connectivity index (χ2n) is 6.80. The van der Waals surface area contributed by atoms with E-state index in [1.54, 1.807) is 31.2 Å². The molecular weight excluding hydrogens is 491 g/mol. The van der Waals surface area contributed by atoms with E-state index in [0.29, 0.717) is 26.8 Å². The van der Waals surface area contributed by atoms with Crippen LogP contribution in [-0.2, 0) is 16.1 Å². The summed E-state index contributed by atoms with van der Waals surface area (Å²) < 4.78 is 6.31. The van der Waals surface area contributed by atoms with Crippen LogP contribution >= 0.6 is 39.1 Å². The Hall–Kier alpha value is -1.76. The maximum Gasteiger partial charge on any atom is 0.261 e. The Morgan fingerprint density at radius 3 is 2.60 bits per heavy atom. The molecule has 1 N–H and O–H groups in total. The second kappa shape index (κ2) is 12.2. The number of nitrogens with one attached hydrogen (secondary N) is 1. The number of carbonyl (C=O) groups is 2. The van der Waals surface area contributed by atoms with Crippen LogP contribution in [0.15, 0.2) is 46.9 Å². The standard InChI is InChI=1S/C22H25BrCl2N2O3/c1-3-4-11-26-22(29)15(2)27(13-16-7-5-6-8-19(16)25)21(28)14-30-20-10-9-17(24)12-18(20)23/h5-10,12,15H,3-4,11,13-14H2,1-2H3,(H,26,29). The Labute approximate surface area is 195 Å². The van der Waals surface area contributed by atoms with Crippen LogP contribution < -0.4 is 10.1 Å². The maximum absolute atomic E-state index is 13.0. The molecule has 0 radical (unpaired) electrons. The number of nitrogens with zero attached hydrogens (tertiary/aromatic N) is 1. The Balaban J connectivity index is 2.15. The van der Waals surface area contributed by atoms with Crippen LogP contribution in [0.5, 0.6) is 5.75 Å². The van der Waals surface area contributed by atoms with Crippen molar-refractivity contribution in [3.63, 3.8) is 0 Å². The third-order valence-electron chi connectivity index (χ3n) is 4.54. The summed E-state index contributed by atoms with van der Waals surface area (Å²) in [4.78, 5) is 27.1. The molecule has 0 heterocycles. The second-order valence-corrected chi connectivity index (χ2v) is 8.49. The highest BCUT2D eigenvalue weighted by molar-refractivity contribution is 9.10. The first-order valence-electron chi connectivity index (χ1n) is 9.72. The van der Waals surface area contributed by atoms with Crippen LogP contribution in [-0.4, -0.2) is 35.9 Å². The molecule has 1 unspecified atom stereocenters. The number of benzene rings is 2. The van der Waals surface area contributed by atoms with Crippen molar-refractivity contribution in [2.75, 3.05) is 13.2 Å². The third-order valence-corrected chi connectivity index (χ3v) is 5.76. The summed E-state index contributed by atoms with van der Waals surface area (Å²) in [6.45, 7) is 4.30. The van der Waals surface area contributed by atoms with Gasteiger partial charge in [-0.15, -0.1) is 0 Å². The van der Waals surface area contributed by atoms with E-state index in [-0.39, 0.29) is 25.0 Å². The molecule has 162 valence electrons. The highest BCUT2D eigenvalue weighted by atomic mass is 79.9. The molecule has 1 atom stereocenters. The van der Waals surface area contributed by atoms with Gasteiger partial charge in [0.25, 0.3) is 5.91 Å². The van der Waals surface area contributed by atoms with E-state index in [1.165, 1.54) is 4.90 Å². The molecule has 0 aromatic heterocycles. The van der Waals surface area contributed by atoms with Crippen molar-refractivity contribution in [2.45, 2.75) is 39.3 Å². The lowest BCUT2D eigenvalue weighted by Crippen LogP contribution is -2.49. The van der Waals surface area contributed by atoms with Crippen LogP contribution in [0.25, 0.3) is 0 Å². The van der Waals surface area contributed by atoms with E-state index in [0.717, 1.165) is 18.4 Å². The summed E-state index contributed by atoms with van der Waals surface area (Å²) in [7, 11) is 0. The Bertz CT molecular complexity index is 879. The fraction of sp³-hybridized carbons (Fsp3) is 0.364. The Kier molecular flexibility index (Phi) is 9.95. The monoisotopic (exact) mass is 514 g/mol. The molecule has 0 aliphatic rings. The number of hydrogen-bond acceptors (Lipinski definition) is 3. The van der Waals surface area contributed by atoms with Crippen LogP contribution in [0.4, 0.5) is 0 Å². The highest BCUT2D eigenvalue weighted by Crippen LogP contribution is 2.28. The Morgan fingerprint density at radius 2 is 1.93 bits per heavy atom. The van der Waals surface area contributed by atoms with E-state index in [1.807, 2.05) is 18.2 Å². The minimum absolute atomic E-state index is 0.200. The smallest absolute Gasteiger partial charge is 0.261 e. The zero-order valence-corrected chi connectivity index (χ0v) is 20.1. The number of hydrogen-bond donors (Lipinski definition) is 1. The molecule has 0 spiro atoms. The third kappa shape index (κ3) is 7.18. The van der Waals surface area contributed by atoms with Gasteiger partial charge in [0, 0.05) is 23.1 Å². The van der Waals surface area contributed by atoms with Gasteiger partial charge in [-0.3, -0.25) is 9.59 Å². The van der Waals surface area contributed by atoms with Crippen molar-refractivity contribution in [3.05, 3.63) is 62.5 Å². The summed E-state index contributed by atoms with van der Waals surface area (Å²) in [6, 6.07) is 11.6. The first-order chi connectivity index (χ1) is 14.3. The summed E-state index contributed by atoms with van der Waals surface area (Å²) in [6.07, 6.45) is 1.85. The number of unbranched alkanes of at least 4 members (excludes halogenated alkanes) is 1.